The molecule has 2 heterocycles. The summed E-state index contributed by atoms with van der Waals surface area (Å²) in [6.07, 6.45) is 1.69. The molecule has 0 aliphatic rings. The quantitative estimate of drug-likeness (QED) is 0.553. The van der Waals surface area contributed by atoms with Gasteiger partial charge in [0.1, 0.15) is 11.5 Å². The van der Waals surface area contributed by atoms with Crippen LogP contribution in [0.3, 0.4) is 0 Å². The first-order chi connectivity index (χ1) is 13.7. The number of halogens is 1. The molecular weight excluding hydrogens is 355 g/mol. The largest absolute Gasteiger partial charge is 0.338 e. The first-order valence-corrected chi connectivity index (χ1v) is 8.79. The molecule has 4 rings (SSSR count). The van der Waals surface area contributed by atoms with Gasteiger partial charge in [-0.2, -0.15) is 5.10 Å². The molecule has 1 amide bonds. The summed E-state index contributed by atoms with van der Waals surface area (Å²) >= 11 is 0. The van der Waals surface area contributed by atoms with Crippen LogP contribution < -0.4 is 5.32 Å². The molecular formula is C22H17FN4O. The van der Waals surface area contributed by atoms with E-state index in [4.69, 9.17) is 0 Å². The maximum atomic E-state index is 13.1. The summed E-state index contributed by atoms with van der Waals surface area (Å²) in [5.41, 5.74) is 3.27. The number of amides is 1. The Morgan fingerprint density at radius 3 is 2.43 bits per heavy atom. The van der Waals surface area contributed by atoms with Crippen molar-refractivity contribution in [1.82, 2.24) is 20.5 Å². The van der Waals surface area contributed by atoms with Gasteiger partial charge in [0.2, 0.25) is 0 Å². The predicted octanol–water partition coefficient (Wildman–Crippen LogP) is 4.13. The summed E-state index contributed by atoms with van der Waals surface area (Å²) in [7, 11) is 0. The number of aromatic nitrogens is 3. The molecule has 0 fully saturated rings. The molecule has 6 heteroatoms. The number of aromatic amines is 1. The van der Waals surface area contributed by atoms with E-state index < -0.39 is 6.04 Å². The molecule has 0 radical (unpaired) electrons. The second-order valence-corrected chi connectivity index (χ2v) is 6.25. The van der Waals surface area contributed by atoms with Crippen molar-refractivity contribution in [1.29, 1.82) is 0 Å². The van der Waals surface area contributed by atoms with Gasteiger partial charge in [-0.25, -0.2) is 4.39 Å². The number of nitrogens with one attached hydrogen (secondary N) is 2. The molecule has 0 saturated carbocycles. The molecule has 5 nitrogen and oxygen atoms in total. The van der Waals surface area contributed by atoms with Crippen molar-refractivity contribution in [3.05, 3.63) is 108 Å². The first-order valence-electron chi connectivity index (χ1n) is 8.79. The maximum Gasteiger partial charge on any atom is 0.270 e. The Labute approximate surface area is 161 Å². The van der Waals surface area contributed by atoms with Gasteiger partial charge in [0.05, 0.1) is 17.4 Å². The van der Waals surface area contributed by atoms with E-state index >= 15 is 0 Å². The maximum absolute atomic E-state index is 13.1. The molecule has 0 aliphatic carbocycles. The van der Waals surface area contributed by atoms with Gasteiger partial charge in [-0.1, -0.05) is 36.4 Å². The minimum Gasteiger partial charge on any atom is -0.338 e. The molecule has 2 aromatic heterocycles. The molecule has 28 heavy (non-hydrogen) atoms. The lowest BCUT2D eigenvalue weighted by Gasteiger charge is -2.18. The zero-order valence-electron chi connectivity index (χ0n) is 14.8. The monoisotopic (exact) mass is 372 g/mol. The van der Waals surface area contributed by atoms with Gasteiger partial charge in [0, 0.05) is 11.8 Å². The number of rotatable bonds is 5. The van der Waals surface area contributed by atoms with Crippen LogP contribution in [0.1, 0.15) is 27.8 Å². The average Bonchev–Trinajstić information content (AvgIpc) is 3.24. The third-order valence-corrected chi connectivity index (χ3v) is 4.35. The Morgan fingerprint density at radius 2 is 1.71 bits per heavy atom. The van der Waals surface area contributed by atoms with Crippen LogP contribution in [0.15, 0.2) is 85.1 Å². The van der Waals surface area contributed by atoms with E-state index in [9.17, 15) is 9.18 Å². The fraction of sp³-hybridized carbons (Fsp3) is 0.0455. The lowest BCUT2D eigenvalue weighted by Crippen LogP contribution is -2.30. The van der Waals surface area contributed by atoms with Crippen molar-refractivity contribution in [3.8, 4) is 11.3 Å². The summed E-state index contributed by atoms with van der Waals surface area (Å²) in [6, 6.07) is 22.4. The Balaban J connectivity index is 1.59. The minimum absolute atomic E-state index is 0.305. The van der Waals surface area contributed by atoms with Crippen molar-refractivity contribution in [2.45, 2.75) is 6.04 Å². The molecule has 2 aromatic carbocycles. The van der Waals surface area contributed by atoms with E-state index in [1.807, 2.05) is 48.5 Å². The second kappa shape index (κ2) is 7.84. The summed E-state index contributed by atoms with van der Waals surface area (Å²) in [5, 5.41) is 9.92. The molecule has 0 spiro atoms. The fourth-order valence-electron chi connectivity index (χ4n) is 2.94. The molecule has 1 atom stereocenters. The molecule has 4 aromatic rings. The highest BCUT2D eigenvalue weighted by Crippen LogP contribution is 2.22. The van der Waals surface area contributed by atoms with E-state index in [0.29, 0.717) is 11.4 Å². The van der Waals surface area contributed by atoms with Gasteiger partial charge in [0.15, 0.2) is 0 Å². The average molecular weight is 372 g/mol. The van der Waals surface area contributed by atoms with Crippen LogP contribution in [0.4, 0.5) is 4.39 Å². The van der Waals surface area contributed by atoms with Crippen molar-refractivity contribution in [2.75, 3.05) is 0 Å². The first kappa shape index (κ1) is 17.6. The van der Waals surface area contributed by atoms with E-state index in [-0.39, 0.29) is 11.7 Å². The van der Waals surface area contributed by atoms with Crippen LogP contribution in [0.25, 0.3) is 11.3 Å². The van der Waals surface area contributed by atoms with Crippen molar-refractivity contribution >= 4 is 5.91 Å². The smallest absolute Gasteiger partial charge is 0.270 e. The van der Waals surface area contributed by atoms with E-state index in [1.165, 1.54) is 12.1 Å². The summed E-state index contributed by atoms with van der Waals surface area (Å²) < 4.78 is 13.1. The van der Waals surface area contributed by atoms with Gasteiger partial charge < -0.3 is 5.32 Å². The SMILES string of the molecule is O=C(N[C@@H](c1ccccc1)c1ccccn1)c1cc(-c2ccc(F)cc2)n[nH]1. The second-order valence-electron chi connectivity index (χ2n) is 6.25. The standard InChI is InChI=1S/C22H17FN4O/c23-17-11-9-15(10-12-17)19-14-20(27-26-19)22(28)25-21(16-6-2-1-3-7-16)18-8-4-5-13-24-18/h1-14,21H,(H,25,28)(H,26,27)/t21-/m0/s1. The zero-order valence-corrected chi connectivity index (χ0v) is 14.8. The molecule has 0 unspecified atom stereocenters. The van der Waals surface area contributed by atoms with Gasteiger partial charge in [0.25, 0.3) is 5.91 Å². The van der Waals surface area contributed by atoms with E-state index in [0.717, 1.165) is 16.8 Å². The third-order valence-electron chi connectivity index (χ3n) is 4.35. The Hall–Kier alpha value is -3.80. The number of hydrogen-bond donors (Lipinski definition) is 2. The molecule has 0 saturated heterocycles. The van der Waals surface area contributed by atoms with Crippen LogP contribution in [-0.2, 0) is 0 Å². The molecule has 138 valence electrons. The van der Waals surface area contributed by atoms with Crippen molar-refractivity contribution in [2.24, 2.45) is 0 Å². The van der Waals surface area contributed by atoms with Crippen LogP contribution >= 0.6 is 0 Å². The predicted molar refractivity (Wildman–Crippen MR) is 104 cm³/mol. The van der Waals surface area contributed by atoms with Crippen LogP contribution in [0.5, 0.6) is 0 Å². The van der Waals surface area contributed by atoms with Crippen LogP contribution in [0, 0.1) is 5.82 Å². The van der Waals surface area contributed by atoms with Crippen molar-refractivity contribution in [3.63, 3.8) is 0 Å². The van der Waals surface area contributed by atoms with E-state index in [2.05, 4.69) is 20.5 Å². The Kier molecular flexibility index (Phi) is 4.93. The van der Waals surface area contributed by atoms with Crippen LogP contribution in [0.2, 0.25) is 0 Å². The third kappa shape index (κ3) is 3.81. The number of hydrogen-bond acceptors (Lipinski definition) is 3. The van der Waals surface area contributed by atoms with Gasteiger partial charge in [-0.05, 0) is 48.0 Å². The Bertz CT molecular complexity index is 1020. The van der Waals surface area contributed by atoms with E-state index in [1.54, 1.807) is 24.4 Å². The number of carbonyl (C=O) groups excluding carboxylic acids is 1. The Morgan fingerprint density at radius 1 is 0.964 bits per heavy atom. The highest BCUT2D eigenvalue weighted by Gasteiger charge is 2.20. The number of pyridine rings is 1. The minimum atomic E-state index is -0.396. The highest BCUT2D eigenvalue weighted by molar-refractivity contribution is 5.93. The molecule has 0 aliphatic heterocycles. The summed E-state index contributed by atoms with van der Waals surface area (Å²) in [5.74, 6) is -0.626. The number of carbonyl (C=O) groups is 1. The van der Waals surface area contributed by atoms with Gasteiger partial charge in [-0.3, -0.25) is 14.9 Å². The lowest BCUT2D eigenvalue weighted by atomic mass is 10.0. The van der Waals surface area contributed by atoms with Gasteiger partial charge >= 0.3 is 0 Å². The summed E-state index contributed by atoms with van der Waals surface area (Å²) in [4.78, 5) is 17.2. The number of nitrogens with zero attached hydrogens (tertiary/aromatic N) is 2. The lowest BCUT2D eigenvalue weighted by molar-refractivity contribution is 0.0937. The normalized spacial score (nSPS) is 11.8. The highest BCUT2D eigenvalue weighted by atomic mass is 19.1. The number of benzene rings is 2. The van der Waals surface area contributed by atoms with Crippen LogP contribution in [-0.4, -0.2) is 21.1 Å². The number of H-pyrrole nitrogens is 1. The zero-order chi connectivity index (χ0) is 19.3. The molecule has 2 N–H and O–H groups in total. The summed E-state index contributed by atoms with van der Waals surface area (Å²) in [6.45, 7) is 0. The van der Waals surface area contributed by atoms with Crippen molar-refractivity contribution < 1.29 is 9.18 Å². The van der Waals surface area contributed by atoms with Gasteiger partial charge in [-0.15, -0.1) is 0 Å². The fourth-order valence-corrected chi connectivity index (χ4v) is 2.94. The molecule has 0 bridgehead atoms. The topological polar surface area (TPSA) is 70.7 Å².